The van der Waals surface area contributed by atoms with E-state index in [1.165, 1.54) is 21.2 Å². The molecule has 132 valence electrons. The summed E-state index contributed by atoms with van der Waals surface area (Å²) in [5.74, 6) is 0. The van der Waals surface area contributed by atoms with E-state index in [1.807, 2.05) is 11.8 Å². The van der Waals surface area contributed by atoms with Gasteiger partial charge in [-0.25, -0.2) is 0 Å². The number of β-amino-alcohol motifs (C(OH)–C–C–N with tert-alkyl or cyclic N) is 1. The number of piperazine rings is 1. The second kappa shape index (κ2) is 7.38. The molecule has 25 heavy (non-hydrogen) atoms. The summed E-state index contributed by atoms with van der Waals surface area (Å²) in [5.41, 5.74) is 2.40. The highest BCUT2D eigenvalue weighted by atomic mass is 32.2. The van der Waals surface area contributed by atoms with Crippen LogP contribution in [0.2, 0.25) is 0 Å². The van der Waals surface area contributed by atoms with Crippen LogP contribution in [0.4, 0.5) is 11.4 Å². The average Bonchev–Trinajstić information content (AvgIpc) is 2.63. The van der Waals surface area contributed by atoms with E-state index in [0.717, 1.165) is 32.7 Å². The molecule has 1 unspecified atom stereocenters. The van der Waals surface area contributed by atoms with E-state index < -0.39 is 0 Å². The standard InChI is InChI=1S/C20H25N3OS/c1-21-10-12-22(13-11-21)14-16(24)15-23-17-6-2-4-8-19(17)25-20-9-5-3-7-18(20)23/h2-9,16,24H,10-15H2,1H3. The van der Waals surface area contributed by atoms with Crippen molar-refractivity contribution in [1.82, 2.24) is 9.80 Å². The van der Waals surface area contributed by atoms with E-state index in [0.29, 0.717) is 6.54 Å². The molecule has 1 fully saturated rings. The molecule has 4 nitrogen and oxygen atoms in total. The van der Waals surface area contributed by atoms with E-state index in [1.54, 1.807) is 0 Å². The van der Waals surface area contributed by atoms with Gasteiger partial charge in [0.25, 0.3) is 0 Å². The number of para-hydroxylation sites is 2. The van der Waals surface area contributed by atoms with Gasteiger partial charge in [0.15, 0.2) is 0 Å². The molecule has 2 aliphatic rings. The van der Waals surface area contributed by atoms with Crippen LogP contribution in [-0.2, 0) is 0 Å². The molecule has 2 aliphatic heterocycles. The molecule has 4 rings (SSSR count). The molecule has 0 saturated carbocycles. The van der Waals surface area contributed by atoms with E-state index >= 15 is 0 Å². The normalized spacial score (nSPS) is 19.4. The van der Waals surface area contributed by atoms with Gasteiger partial charge in [0, 0.05) is 42.5 Å². The maximum atomic E-state index is 10.8. The number of anilines is 2. The number of hydrogen-bond donors (Lipinski definition) is 1. The van der Waals surface area contributed by atoms with Gasteiger partial charge in [-0.3, -0.25) is 4.90 Å². The van der Waals surface area contributed by atoms with Crippen molar-refractivity contribution in [2.24, 2.45) is 0 Å². The van der Waals surface area contributed by atoms with Gasteiger partial charge in [-0.05, 0) is 31.3 Å². The second-order valence-electron chi connectivity index (χ2n) is 6.91. The highest BCUT2D eigenvalue weighted by Crippen LogP contribution is 2.47. The number of aliphatic hydroxyl groups is 1. The Labute approximate surface area is 154 Å². The van der Waals surface area contributed by atoms with Crippen molar-refractivity contribution in [3.8, 4) is 0 Å². The molecular weight excluding hydrogens is 330 g/mol. The fourth-order valence-electron chi connectivity index (χ4n) is 3.57. The van der Waals surface area contributed by atoms with Gasteiger partial charge >= 0.3 is 0 Å². The zero-order valence-corrected chi connectivity index (χ0v) is 15.5. The van der Waals surface area contributed by atoms with Gasteiger partial charge in [0.2, 0.25) is 0 Å². The molecule has 1 atom stereocenters. The zero-order chi connectivity index (χ0) is 17.2. The largest absolute Gasteiger partial charge is 0.390 e. The number of fused-ring (bicyclic) bond motifs is 2. The van der Waals surface area contributed by atoms with E-state index in [9.17, 15) is 5.11 Å². The molecule has 0 spiro atoms. The summed E-state index contributed by atoms with van der Waals surface area (Å²) in [6.45, 7) is 5.60. The third-order valence-electron chi connectivity index (χ3n) is 4.99. The molecule has 1 N–H and O–H groups in total. The minimum absolute atomic E-state index is 0.368. The highest BCUT2D eigenvalue weighted by molar-refractivity contribution is 7.99. The van der Waals surface area contributed by atoms with E-state index in [2.05, 4.69) is 70.3 Å². The first-order valence-corrected chi connectivity index (χ1v) is 9.75. The van der Waals surface area contributed by atoms with Gasteiger partial charge in [0.1, 0.15) is 0 Å². The number of aliphatic hydroxyl groups excluding tert-OH is 1. The summed E-state index contributed by atoms with van der Waals surface area (Å²) >= 11 is 1.81. The minimum atomic E-state index is -0.368. The summed E-state index contributed by atoms with van der Waals surface area (Å²) in [6, 6.07) is 16.9. The maximum absolute atomic E-state index is 10.8. The van der Waals surface area contributed by atoms with Crippen molar-refractivity contribution in [2.75, 3.05) is 51.2 Å². The Morgan fingerprint density at radius 2 is 1.44 bits per heavy atom. The summed E-state index contributed by atoms with van der Waals surface area (Å²) in [5, 5.41) is 10.8. The van der Waals surface area contributed by atoms with Crippen molar-refractivity contribution in [1.29, 1.82) is 0 Å². The lowest BCUT2D eigenvalue weighted by Gasteiger charge is -2.37. The lowest BCUT2D eigenvalue weighted by molar-refractivity contribution is 0.0847. The fourth-order valence-corrected chi connectivity index (χ4v) is 4.67. The first kappa shape index (κ1) is 16.9. The molecule has 0 bridgehead atoms. The predicted octanol–water partition coefficient (Wildman–Crippen LogP) is 2.90. The fraction of sp³-hybridized carbons (Fsp3) is 0.400. The van der Waals surface area contributed by atoms with Gasteiger partial charge < -0.3 is 14.9 Å². The van der Waals surface area contributed by atoms with Crippen molar-refractivity contribution < 1.29 is 5.11 Å². The number of benzene rings is 2. The first-order valence-electron chi connectivity index (χ1n) is 8.93. The van der Waals surface area contributed by atoms with Crippen LogP contribution in [0, 0.1) is 0 Å². The first-order chi connectivity index (χ1) is 12.2. The van der Waals surface area contributed by atoms with Crippen molar-refractivity contribution in [3.63, 3.8) is 0 Å². The Morgan fingerprint density at radius 3 is 2.04 bits per heavy atom. The van der Waals surface area contributed by atoms with Gasteiger partial charge in [-0.1, -0.05) is 36.0 Å². The van der Waals surface area contributed by atoms with Crippen LogP contribution in [0.5, 0.6) is 0 Å². The van der Waals surface area contributed by atoms with Gasteiger partial charge in [-0.15, -0.1) is 0 Å². The second-order valence-corrected chi connectivity index (χ2v) is 7.99. The number of rotatable bonds is 4. The molecular formula is C20H25N3OS. The van der Waals surface area contributed by atoms with Crippen molar-refractivity contribution in [2.45, 2.75) is 15.9 Å². The van der Waals surface area contributed by atoms with Crippen LogP contribution in [-0.4, -0.2) is 67.3 Å². The van der Waals surface area contributed by atoms with Crippen LogP contribution < -0.4 is 4.90 Å². The van der Waals surface area contributed by atoms with Crippen LogP contribution in [0.1, 0.15) is 0 Å². The Kier molecular flexibility index (Phi) is 4.99. The van der Waals surface area contributed by atoms with Gasteiger partial charge in [-0.2, -0.15) is 0 Å². The molecule has 1 saturated heterocycles. The van der Waals surface area contributed by atoms with Crippen LogP contribution >= 0.6 is 11.8 Å². The van der Waals surface area contributed by atoms with Crippen molar-refractivity contribution in [3.05, 3.63) is 48.5 Å². The van der Waals surface area contributed by atoms with Crippen LogP contribution in [0.15, 0.2) is 58.3 Å². The molecule has 0 aromatic heterocycles. The topological polar surface area (TPSA) is 30.0 Å². The molecule has 0 radical (unpaired) electrons. The van der Waals surface area contributed by atoms with Crippen molar-refractivity contribution >= 4 is 23.1 Å². The van der Waals surface area contributed by atoms with Crippen LogP contribution in [0.25, 0.3) is 0 Å². The van der Waals surface area contributed by atoms with Gasteiger partial charge in [0.05, 0.1) is 24.0 Å². The van der Waals surface area contributed by atoms with E-state index in [4.69, 9.17) is 0 Å². The zero-order valence-electron chi connectivity index (χ0n) is 14.6. The highest BCUT2D eigenvalue weighted by Gasteiger charge is 2.26. The summed E-state index contributed by atoms with van der Waals surface area (Å²) < 4.78 is 0. The molecule has 2 aromatic carbocycles. The summed E-state index contributed by atoms with van der Waals surface area (Å²) in [6.07, 6.45) is -0.368. The number of likely N-dealkylation sites (N-methyl/N-ethyl adjacent to an activating group) is 1. The summed E-state index contributed by atoms with van der Waals surface area (Å²) in [4.78, 5) is 9.52. The van der Waals surface area contributed by atoms with E-state index in [-0.39, 0.29) is 6.10 Å². The predicted molar refractivity (Wildman–Crippen MR) is 104 cm³/mol. The molecule has 2 aromatic rings. The SMILES string of the molecule is CN1CCN(CC(O)CN2c3ccccc3Sc3ccccc32)CC1. The molecule has 0 aliphatic carbocycles. The number of hydrogen-bond acceptors (Lipinski definition) is 5. The third kappa shape index (κ3) is 3.70. The summed E-state index contributed by atoms with van der Waals surface area (Å²) in [7, 11) is 2.16. The Bertz CT molecular complexity index is 685. The monoisotopic (exact) mass is 355 g/mol. The average molecular weight is 356 g/mol. The Hall–Kier alpha value is -1.53. The molecule has 2 heterocycles. The number of nitrogens with zero attached hydrogens (tertiary/aromatic N) is 3. The lowest BCUT2D eigenvalue weighted by Crippen LogP contribution is -2.48. The lowest BCUT2D eigenvalue weighted by atomic mass is 10.2. The molecule has 5 heteroatoms. The minimum Gasteiger partial charge on any atom is -0.390 e. The Balaban J connectivity index is 1.51. The maximum Gasteiger partial charge on any atom is 0.0845 e. The smallest absolute Gasteiger partial charge is 0.0845 e. The van der Waals surface area contributed by atoms with Crippen LogP contribution in [0.3, 0.4) is 0 Å². The molecule has 0 amide bonds. The third-order valence-corrected chi connectivity index (χ3v) is 6.12. The quantitative estimate of drug-likeness (QED) is 0.911. The Morgan fingerprint density at radius 1 is 0.880 bits per heavy atom.